The number of aromatic nitrogens is 1. The predicted molar refractivity (Wildman–Crippen MR) is 50.2 cm³/mol. The van der Waals surface area contributed by atoms with Crippen molar-refractivity contribution in [1.82, 2.24) is 4.98 Å². The van der Waals surface area contributed by atoms with Crippen LogP contribution in [0.4, 0.5) is 0 Å². The second-order valence-electron chi connectivity index (χ2n) is 2.69. The zero-order valence-electron chi connectivity index (χ0n) is 6.94. The minimum atomic E-state index is 0.257. The van der Waals surface area contributed by atoms with E-state index in [0.29, 0.717) is 0 Å². The first kappa shape index (κ1) is 7.80. The summed E-state index contributed by atoms with van der Waals surface area (Å²) >= 11 is 0. The van der Waals surface area contributed by atoms with Gasteiger partial charge in [0.2, 0.25) is 0 Å². The smallest absolute Gasteiger partial charge is 0.116 e. The van der Waals surface area contributed by atoms with E-state index in [4.69, 9.17) is 0 Å². The number of benzene rings is 1. The molecule has 13 heavy (non-hydrogen) atoms. The Bertz CT molecular complexity index is 398. The molecule has 2 heteroatoms. The van der Waals surface area contributed by atoms with E-state index < -0.39 is 0 Å². The summed E-state index contributed by atoms with van der Waals surface area (Å²) in [6.45, 7) is 0. The quantitative estimate of drug-likeness (QED) is 0.712. The summed E-state index contributed by atoms with van der Waals surface area (Å²) < 4.78 is 0. The largest absolute Gasteiger partial charge is 0.508 e. The molecule has 0 amide bonds. The third kappa shape index (κ3) is 1.67. The van der Waals surface area contributed by atoms with E-state index in [2.05, 4.69) is 11.1 Å². The molecule has 0 saturated heterocycles. The fraction of sp³-hybridized carbons (Fsp3) is 0. The van der Waals surface area contributed by atoms with Crippen LogP contribution in [0.5, 0.6) is 5.75 Å². The van der Waals surface area contributed by atoms with Crippen LogP contribution < -0.4 is 0 Å². The van der Waals surface area contributed by atoms with Crippen LogP contribution in [-0.4, -0.2) is 10.1 Å². The Labute approximate surface area is 76.5 Å². The fourth-order valence-corrected chi connectivity index (χ4v) is 1.16. The van der Waals surface area contributed by atoms with Crippen LogP contribution in [-0.2, 0) is 0 Å². The molecule has 1 aromatic heterocycles. The number of pyridine rings is 1. The summed E-state index contributed by atoms with van der Waals surface area (Å²) in [6.07, 6.45) is 1.61. The molecule has 0 saturated carbocycles. The van der Waals surface area contributed by atoms with Crippen molar-refractivity contribution in [3.05, 3.63) is 48.7 Å². The van der Waals surface area contributed by atoms with E-state index in [9.17, 15) is 5.11 Å². The molecular formula is C11H8NO. The first-order valence-electron chi connectivity index (χ1n) is 3.98. The molecule has 0 aliphatic rings. The van der Waals surface area contributed by atoms with Crippen molar-refractivity contribution in [2.75, 3.05) is 0 Å². The Hall–Kier alpha value is -1.83. The van der Waals surface area contributed by atoms with Gasteiger partial charge in [0, 0.05) is 17.8 Å². The van der Waals surface area contributed by atoms with Gasteiger partial charge in [0.15, 0.2) is 0 Å². The molecule has 1 N–H and O–H groups in total. The normalized spacial score (nSPS) is 9.85. The molecule has 0 aliphatic heterocycles. The molecular weight excluding hydrogens is 162 g/mol. The average Bonchev–Trinajstić information content (AvgIpc) is 2.19. The van der Waals surface area contributed by atoms with Crippen molar-refractivity contribution in [2.24, 2.45) is 0 Å². The van der Waals surface area contributed by atoms with Crippen molar-refractivity contribution in [2.45, 2.75) is 0 Å². The van der Waals surface area contributed by atoms with E-state index in [0.717, 1.165) is 11.3 Å². The molecule has 0 spiro atoms. The van der Waals surface area contributed by atoms with Gasteiger partial charge in [-0.1, -0.05) is 18.2 Å². The van der Waals surface area contributed by atoms with Crippen LogP contribution in [0, 0.1) is 6.07 Å². The van der Waals surface area contributed by atoms with Crippen LogP contribution in [0.15, 0.2) is 42.6 Å². The lowest BCUT2D eigenvalue weighted by molar-refractivity contribution is 0.475. The highest BCUT2D eigenvalue weighted by Gasteiger charge is 1.97. The van der Waals surface area contributed by atoms with Crippen molar-refractivity contribution in [3.63, 3.8) is 0 Å². The van der Waals surface area contributed by atoms with Gasteiger partial charge in [0.05, 0.1) is 5.69 Å². The highest BCUT2D eigenvalue weighted by atomic mass is 16.3. The zero-order chi connectivity index (χ0) is 9.10. The van der Waals surface area contributed by atoms with Crippen LogP contribution in [0.2, 0.25) is 0 Å². The highest BCUT2D eigenvalue weighted by Crippen LogP contribution is 2.20. The average molecular weight is 170 g/mol. The lowest BCUT2D eigenvalue weighted by Crippen LogP contribution is -1.80. The molecule has 0 atom stereocenters. The lowest BCUT2D eigenvalue weighted by Gasteiger charge is -1.99. The molecule has 1 radical (unpaired) electrons. The summed E-state index contributed by atoms with van der Waals surface area (Å²) in [7, 11) is 0. The summed E-state index contributed by atoms with van der Waals surface area (Å²) in [6, 6.07) is 13.5. The number of phenolic OH excluding ortho intramolecular Hbond substituents is 1. The number of phenols is 1. The van der Waals surface area contributed by atoms with E-state index in [-0.39, 0.29) is 5.75 Å². The molecule has 63 valence electrons. The van der Waals surface area contributed by atoms with E-state index in [1.165, 1.54) is 0 Å². The van der Waals surface area contributed by atoms with Gasteiger partial charge in [0.25, 0.3) is 0 Å². The Morgan fingerprint density at radius 1 is 1.23 bits per heavy atom. The first-order chi connectivity index (χ1) is 6.36. The minimum absolute atomic E-state index is 0.257. The van der Waals surface area contributed by atoms with Crippen LogP contribution in [0.3, 0.4) is 0 Å². The maximum atomic E-state index is 9.24. The fourth-order valence-electron chi connectivity index (χ4n) is 1.16. The third-order valence-corrected chi connectivity index (χ3v) is 1.76. The number of hydrogen-bond acceptors (Lipinski definition) is 2. The first-order valence-corrected chi connectivity index (χ1v) is 3.98. The zero-order valence-corrected chi connectivity index (χ0v) is 6.94. The van der Waals surface area contributed by atoms with Crippen LogP contribution >= 0.6 is 0 Å². The molecule has 2 nitrogen and oxygen atoms in total. The summed E-state index contributed by atoms with van der Waals surface area (Å²) in [5.41, 5.74) is 1.75. The Morgan fingerprint density at radius 3 is 2.85 bits per heavy atom. The maximum Gasteiger partial charge on any atom is 0.116 e. The summed E-state index contributed by atoms with van der Waals surface area (Å²) in [4.78, 5) is 4.12. The van der Waals surface area contributed by atoms with Gasteiger partial charge in [-0.05, 0) is 18.2 Å². The van der Waals surface area contributed by atoms with Crippen LogP contribution in [0.1, 0.15) is 0 Å². The van der Waals surface area contributed by atoms with Gasteiger partial charge >= 0.3 is 0 Å². The molecule has 2 aromatic rings. The minimum Gasteiger partial charge on any atom is -0.508 e. The van der Waals surface area contributed by atoms with E-state index in [1.807, 2.05) is 12.1 Å². The van der Waals surface area contributed by atoms with Crippen molar-refractivity contribution in [3.8, 4) is 17.0 Å². The van der Waals surface area contributed by atoms with E-state index >= 15 is 0 Å². The summed E-state index contributed by atoms with van der Waals surface area (Å²) in [5.74, 6) is 0.257. The van der Waals surface area contributed by atoms with Gasteiger partial charge in [-0.2, -0.15) is 0 Å². The van der Waals surface area contributed by atoms with Crippen molar-refractivity contribution in [1.29, 1.82) is 0 Å². The Morgan fingerprint density at radius 2 is 2.15 bits per heavy atom. The van der Waals surface area contributed by atoms with Crippen LogP contribution in [0.25, 0.3) is 11.3 Å². The molecule has 0 fully saturated rings. The molecule has 1 heterocycles. The number of aromatic hydroxyl groups is 1. The molecule has 0 unspecified atom stereocenters. The van der Waals surface area contributed by atoms with Gasteiger partial charge in [-0.25, -0.2) is 0 Å². The Kier molecular flexibility index (Phi) is 1.96. The van der Waals surface area contributed by atoms with Gasteiger partial charge < -0.3 is 5.11 Å². The van der Waals surface area contributed by atoms with Gasteiger partial charge in [-0.3, -0.25) is 4.98 Å². The Balaban J connectivity index is 2.48. The van der Waals surface area contributed by atoms with Gasteiger partial charge in [0.1, 0.15) is 5.75 Å². The van der Waals surface area contributed by atoms with Gasteiger partial charge in [-0.15, -0.1) is 0 Å². The van der Waals surface area contributed by atoms with E-state index in [1.54, 1.807) is 30.5 Å². The summed E-state index contributed by atoms with van der Waals surface area (Å²) in [5, 5.41) is 9.24. The van der Waals surface area contributed by atoms with Crippen molar-refractivity contribution >= 4 is 0 Å². The SMILES string of the molecule is Oc1cccc(-c2cc[c]cn2)c1. The second kappa shape index (κ2) is 3.27. The third-order valence-electron chi connectivity index (χ3n) is 1.76. The highest BCUT2D eigenvalue weighted by molar-refractivity contribution is 5.60. The molecule has 0 aliphatic carbocycles. The molecule has 2 rings (SSSR count). The number of rotatable bonds is 1. The monoisotopic (exact) mass is 170 g/mol. The molecule has 0 bridgehead atoms. The number of nitrogens with zero attached hydrogens (tertiary/aromatic N) is 1. The molecule has 1 aromatic carbocycles. The number of hydrogen-bond donors (Lipinski definition) is 1. The van der Waals surface area contributed by atoms with Crippen molar-refractivity contribution < 1.29 is 5.11 Å². The maximum absolute atomic E-state index is 9.24. The standard InChI is InChI=1S/C11H8NO/c13-10-5-3-4-9(8-10)11-6-1-2-7-12-11/h1,3-8,13H. The second-order valence-corrected chi connectivity index (χ2v) is 2.69. The predicted octanol–water partition coefficient (Wildman–Crippen LogP) is 2.25. The topological polar surface area (TPSA) is 33.1 Å². The lowest BCUT2D eigenvalue weighted by atomic mass is 10.1.